The Balaban J connectivity index is 2.10. The first kappa shape index (κ1) is 12.0. The van der Waals surface area contributed by atoms with Gasteiger partial charge >= 0.3 is 0 Å². The molecule has 2 nitrogen and oxygen atoms in total. The summed E-state index contributed by atoms with van der Waals surface area (Å²) in [6, 6.07) is 0.715. The molecule has 0 radical (unpaired) electrons. The monoisotopic (exact) mass is 199 g/mol. The average Bonchev–Trinajstić information content (AvgIpc) is 2.26. The summed E-state index contributed by atoms with van der Waals surface area (Å²) < 4.78 is 0. The summed E-state index contributed by atoms with van der Waals surface area (Å²) in [5, 5.41) is 12.6. The number of aliphatic hydroxyl groups excluding tert-OH is 1. The van der Waals surface area contributed by atoms with Gasteiger partial charge in [-0.1, -0.05) is 20.3 Å². The van der Waals surface area contributed by atoms with Crippen LogP contribution in [0.25, 0.3) is 0 Å². The molecule has 1 fully saturated rings. The van der Waals surface area contributed by atoms with Gasteiger partial charge in [-0.2, -0.15) is 0 Å². The molecule has 0 aromatic heterocycles. The minimum atomic E-state index is 0.387. The normalized spacial score (nSPS) is 30.2. The van der Waals surface area contributed by atoms with Crippen LogP contribution in [-0.4, -0.2) is 24.3 Å². The highest BCUT2D eigenvalue weighted by Gasteiger charge is 2.20. The van der Waals surface area contributed by atoms with Crippen molar-refractivity contribution < 1.29 is 5.11 Å². The molecule has 1 aliphatic rings. The number of nitrogens with one attached hydrogen (secondary N) is 1. The van der Waals surface area contributed by atoms with E-state index in [4.69, 9.17) is 5.11 Å². The highest BCUT2D eigenvalue weighted by Crippen LogP contribution is 2.23. The molecule has 1 atom stereocenters. The lowest BCUT2D eigenvalue weighted by atomic mass is 9.86. The van der Waals surface area contributed by atoms with Crippen molar-refractivity contribution >= 4 is 0 Å². The molecule has 2 N–H and O–H groups in total. The second-order valence-electron chi connectivity index (χ2n) is 4.82. The average molecular weight is 199 g/mol. The van der Waals surface area contributed by atoms with Crippen LogP contribution in [0.1, 0.15) is 46.0 Å². The second kappa shape index (κ2) is 6.41. The first-order valence-corrected chi connectivity index (χ1v) is 6.10. The topological polar surface area (TPSA) is 32.3 Å². The molecule has 0 amide bonds. The molecule has 0 aliphatic heterocycles. The predicted molar refractivity (Wildman–Crippen MR) is 60.3 cm³/mol. The van der Waals surface area contributed by atoms with Crippen LogP contribution in [0.4, 0.5) is 0 Å². The van der Waals surface area contributed by atoms with Crippen molar-refractivity contribution in [2.24, 2.45) is 11.8 Å². The van der Waals surface area contributed by atoms with Gasteiger partial charge in [-0.25, -0.2) is 0 Å². The van der Waals surface area contributed by atoms with Crippen LogP contribution < -0.4 is 5.32 Å². The van der Waals surface area contributed by atoms with Gasteiger partial charge in [0.2, 0.25) is 0 Å². The van der Waals surface area contributed by atoms with Crippen molar-refractivity contribution in [2.75, 3.05) is 13.2 Å². The molecular formula is C12H25NO. The molecule has 2 heteroatoms. The lowest BCUT2D eigenvalue weighted by Crippen LogP contribution is -2.36. The fraction of sp³-hybridized carbons (Fsp3) is 1.00. The highest BCUT2D eigenvalue weighted by molar-refractivity contribution is 4.77. The van der Waals surface area contributed by atoms with Gasteiger partial charge in [0.15, 0.2) is 0 Å². The number of hydrogen-bond acceptors (Lipinski definition) is 2. The zero-order valence-electron chi connectivity index (χ0n) is 9.63. The van der Waals surface area contributed by atoms with E-state index in [1.54, 1.807) is 0 Å². The smallest absolute Gasteiger partial charge is 0.0459 e. The molecule has 14 heavy (non-hydrogen) atoms. The third kappa shape index (κ3) is 3.97. The van der Waals surface area contributed by atoms with E-state index in [9.17, 15) is 0 Å². The van der Waals surface area contributed by atoms with E-state index in [0.717, 1.165) is 12.5 Å². The Hall–Kier alpha value is -0.0800. The third-order valence-corrected chi connectivity index (χ3v) is 3.56. The Bertz CT molecular complexity index is 141. The summed E-state index contributed by atoms with van der Waals surface area (Å²) in [5.74, 6) is 1.38. The van der Waals surface area contributed by atoms with E-state index in [1.807, 2.05) is 0 Å². The highest BCUT2D eigenvalue weighted by atomic mass is 16.3. The molecule has 1 aliphatic carbocycles. The molecule has 0 aromatic rings. The summed E-state index contributed by atoms with van der Waals surface area (Å²) in [6.07, 6.45) is 6.17. The van der Waals surface area contributed by atoms with Gasteiger partial charge in [-0.15, -0.1) is 0 Å². The number of aliphatic hydroxyl groups is 1. The van der Waals surface area contributed by atoms with Crippen LogP contribution in [0.3, 0.4) is 0 Å². The quantitative estimate of drug-likeness (QED) is 0.711. The van der Waals surface area contributed by atoms with E-state index in [0.29, 0.717) is 18.6 Å². The largest absolute Gasteiger partial charge is 0.396 e. The van der Waals surface area contributed by atoms with Crippen LogP contribution in [0.15, 0.2) is 0 Å². The maximum atomic E-state index is 9.01. The standard InChI is InChI=1S/C12H25NO/c1-3-10(2)8-13-12-6-4-11(9-14)5-7-12/h10-14H,3-9H2,1-2H3. The van der Waals surface area contributed by atoms with Gasteiger partial charge in [0.1, 0.15) is 0 Å². The summed E-state index contributed by atoms with van der Waals surface area (Å²) >= 11 is 0. The Kier molecular flexibility index (Phi) is 5.49. The van der Waals surface area contributed by atoms with Crippen molar-refractivity contribution in [2.45, 2.75) is 52.0 Å². The van der Waals surface area contributed by atoms with E-state index in [1.165, 1.54) is 32.1 Å². The molecule has 1 saturated carbocycles. The molecule has 0 spiro atoms. The van der Waals surface area contributed by atoms with E-state index >= 15 is 0 Å². The van der Waals surface area contributed by atoms with Crippen LogP contribution in [0, 0.1) is 11.8 Å². The van der Waals surface area contributed by atoms with Crippen LogP contribution in [0.2, 0.25) is 0 Å². The van der Waals surface area contributed by atoms with Crippen molar-refractivity contribution in [1.82, 2.24) is 5.32 Å². The lowest BCUT2D eigenvalue weighted by Gasteiger charge is -2.28. The minimum Gasteiger partial charge on any atom is -0.396 e. The lowest BCUT2D eigenvalue weighted by molar-refractivity contribution is 0.174. The summed E-state index contributed by atoms with van der Waals surface area (Å²) in [4.78, 5) is 0. The molecule has 0 saturated heterocycles. The Morgan fingerprint density at radius 2 is 1.93 bits per heavy atom. The molecule has 0 heterocycles. The predicted octanol–water partition coefficient (Wildman–Crippen LogP) is 2.17. The van der Waals surface area contributed by atoms with Gasteiger partial charge < -0.3 is 10.4 Å². The summed E-state index contributed by atoms with van der Waals surface area (Å²) in [7, 11) is 0. The van der Waals surface area contributed by atoms with Crippen molar-refractivity contribution in [3.05, 3.63) is 0 Å². The number of hydrogen-bond donors (Lipinski definition) is 2. The SMILES string of the molecule is CCC(C)CNC1CCC(CO)CC1. The molecule has 0 bridgehead atoms. The third-order valence-electron chi connectivity index (χ3n) is 3.56. The molecule has 1 rings (SSSR count). The fourth-order valence-electron chi connectivity index (χ4n) is 2.06. The van der Waals surface area contributed by atoms with Crippen molar-refractivity contribution in [3.63, 3.8) is 0 Å². The summed E-state index contributed by atoms with van der Waals surface area (Å²) in [5.41, 5.74) is 0. The van der Waals surface area contributed by atoms with E-state index in [-0.39, 0.29) is 0 Å². The van der Waals surface area contributed by atoms with Crippen LogP contribution in [0.5, 0.6) is 0 Å². The van der Waals surface area contributed by atoms with Gasteiger partial charge in [-0.3, -0.25) is 0 Å². The second-order valence-corrected chi connectivity index (χ2v) is 4.82. The molecule has 0 aromatic carbocycles. The Morgan fingerprint density at radius 1 is 1.29 bits per heavy atom. The van der Waals surface area contributed by atoms with Gasteiger partial charge in [0.25, 0.3) is 0 Å². The van der Waals surface area contributed by atoms with E-state index in [2.05, 4.69) is 19.2 Å². The maximum absolute atomic E-state index is 9.01. The first-order valence-electron chi connectivity index (χ1n) is 6.10. The minimum absolute atomic E-state index is 0.387. The zero-order chi connectivity index (χ0) is 10.4. The Morgan fingerprint density at radius 3 is 2.43 bits per heavy atom. The van der Waals surface area contributed by atoms with Crippen molar-refractivity contribution in [1.29, 1.82) is 0 Å². The van der Waals surface area contributed by atoms with Gasteiger partial charge in [0.05, 0.1) is 0 Å². The number of rotatable bonds is 5. The van der Waals surface area contributed by atoms with Gasteiger partial charge in [0, 0.05) is 12.6 Å². The van der Waals surface area contributed by atoms with Gasteiger partial charge in [-0.05, 0) is 44.1 Å². The molecule has 1 unspecified atom stereocenters. The summed E-state index contributed by atoms with van der Waals surface area (Å²) in [6.45, 7) is 6.09. The maximum Gasteiger partial charge on any atom is 0.0459 e. The fourth-order valence-corrected chi connectivity index (χ4v) is 2.06. The van der Waals surface area contributed by atoms with Crippen LogP contribution >= 0.6 is 0 Å². The zero-order valence-corrected chi connectivity index (χ0v) is 9.63. The van der Waals surface area contributed by atoms with E-state index < -0.39 is 0 Å². The molecular weight excluding hydrogens is 174 g/mol. The van der Waals surface area contributed by atoms with Crippen LogP contribution in [-0.2, 0) is 0 Å². The van der Waals surface area contributed by atoms with Crippen molar-refractivity contribution in [3.8, 4) is 0 Å². The first-order chi connectivity index (χ1) is 6.76. The molecule has 84 valence electrons. The Labute approximate surface area is 88.1 Å².